The number of carbonyl (C=O) groups excluding carboxylic acids is 1. The Morgan fingerprint density at radius 3 is 2.40 bits per heavy atom. The van der Waals surface area contributed by atoms with Crippen molar-refractivity contribution in [1.29, 1.82) is 0 Å². The molecule has 0 radical (unpaired) electrons. The van der Waals surface area contributed by atoms with Gasteiger partial charge in [-0.05, 0) is 101 Å². The highest BCUT2D eigenvalue weighted by Crippen LogP contribution is 2.68. The first-order valence-electron chi connectivity index (χ1n) is 13.3. The Bertz CT molecular complexity index is 875. The normalized spacial score (nSPS) is 46.2. The predicted octanol–water partition coefficient (Wildman–Crippen LogP) is 2.51. The fourth-order valence-electron chi connectivity index (χ4n) is 8.56. The second-order valence-corrected chi connectivity index (χ2v) is 13.4. The summed E-state index contributed by atoms with van der Waals surface area (Å²) in [4.78, 5) is 13.4. The molecule has 4 rings (SSSR count). The second-order valence-electron chi connectivity index (χ2n) is 13.4. The van der Waals surface area contributed by atoms with Crippen molar-refractivity contribution < 1.29 is 35.1 Å². The lowest BCUT2D eigenvalue weighted by Gasteiger charge is -2.61. The van der Waals surface area contributed by atoms with E-state index in [1.54, 1.807) is 34.0 Å². The zero-order valence-electron chi connectivity index (χ0n) is 22.3. The van der Waals surface area contributed by atoms with Crippen LogP contribution in [0.5, 0.6) is 0 Å². The Kier molecular flexibility index (Phi) is 6.69. The van der Waals surface area contributed by atoms with Gasteiger partial charge >= 0.3 is 0 Å². The number of aliphatic hydroxyl groups excluding tert-OH is 2. The summed E-state index contributed by atoms with van der Waals surface area (Å²) in [6, 6.07) is 0. The van der Waals surface area contributed by atoms with E-state index in [0.717, 1.165) is 12.0 Å². The molecule has 7 nitrogen and oxygen atoms in total. The van der Waals surface area contributed by atoms with Crippen LogP contribution < -0.4 is 0 Å². The summed E-state index contributed by atoms with van der Waals surface area (Å²) in [5.41, 5.74) is -4.06. The zero-order valence-corrected chi connectivity index (χ0v) is 22.3. The first-order chi connectivity index (χ1) is 16.0. The van der Waals surface area contributed by atoms with Crippen LogP contribution in [0.3, 0.4) is 0 Å². The lowest BCUT2D eigenvalue weighted by Crippen LogP contribution is -2.63. The molecule has 4 aliphatic carbocycles. The highest BCUT2D eigenvalue weighted by Gasteiger charge is 2.69. The topological polar surface area (TPSA) is 127 Å². The molecule has 5 N–H and O–H groups in total. The number of allylic oxidation sites excluding steroid dienone is 1. The maximum Gasteiger partial charge on any atom is 0.159 e. The molecule has 0 aromatic heterocycles. The van der Waals surface area contributed by atoms with Crippen LogP contribution in [0.2, 0.25) is 0 Å². The molecular weight excluding hydrogens is 448 g/mol. The third-order valence-electron chi connectivity index (χ3n) is 10.8. The van der Waals surface area contributed by atoms with Gasteiger partial charge in [0.2, 0.25) is 0 Å². The average molecular weight is 495 g/mol. The Balaban J connectivity index is 1.66. The van der Waals surface area contributed by atoms with Crippen molar-refractivity contribution in [3.05, 3.63) is 11.6 Å². The van der Waals surface area contributed by atoms with Crippen LogP contribution in [0, 0.1) is 28.6 Å². The standard InChI is InChI=1S/C28H46O7/c1-24(2,32)10-9-23(31)27(5,33)22-8-12-28(34)17-13-19(29)18-14-21(35-6)20(30)15-25(18,3)16(17)7-11-26(22,28)4/h13,16,18,20-23,30-34H,7-12,14-15H2,1-6H3/t16?,18-,20-,21+,22?,23+,25+,26+,27-,28+/m0/s1. The van der Waals surface area contributed by atoms with Gasteiger partial charge in [0.05, 0.1) is 35.1 Å². The number of rotatable bonds is 6. The van der Waals surface area contributed by atoms with Crippen LogP contribution in [-0.4, -0.2) is 73.5 Å². The summed E-state index contributed by atoms with van der Waals surface area (Å²) in [7, 11) is 1.57. The molecule has 200 valence electrons. The van der Waals surface area contributed by atoms with E-state index in [1.807, 2.05) is 6.92 Å². The molecule has 3 saturated carbocycles. The van der Waals surface area contributed by atoms with Crippen LogP contribution in [0.15, 0.2) is 11.6 Å². The summed E-state index contributed by atoms with van der Waals surface area (Å²) < 4.78 is 5.46. The van der Waals surface area contributed by atoms with E-state index >= 15 is 0 Å². The van der Waals surface area contributed by atoms with Gasteiger partial charge < -0.3 is 30.3 Å². The Labute approximate surface area is 209 Å². The number of hydrogen-bond donors (Lipinski definition) is 5. The number of hydrogen-bond acceptors (Lipinski definition) is 7. The minimum atomic E-state index is -1.45. The average Bonchev–Trinajstić information content (AvgIpc) is 3.03. The van der Waals surface area contributed by atoms with Crippen molar-refractivity contribution in [3.8, 4) is 0 Å². The van der Waals surface area contributed by atoms with E-state index in [4.69, 9.17) is 4.74 Å². The van der Waals surface area contributed by atoms with Crippen LogP contribution in [0.1, 0.15) is 86.0 Å². The van der Waals surface area contributed by atoms with Gasteiger partial charge in [0, 0.05) is 18.4 Å². The SMILES string of the molecule is CO[C@@H]1C[C@H]2C(=O)C=C3C(CC[C@]4(C)C([C@](C)(O)[C@H](O)CCC(C)(C)O)CC[C@@]34O)[C@@]2(C)C[C@@H]1O. The molecule has 7 heteroatoms. The molecule has 4 aliphatic rings. The van der Waals surface area contributed by atoms with Crippen molar-refractivity contribution in [1.82, 2.24) is 0 Å². The van der Waals surface area contributed by atoms with Crippen molar-refractivity contribution in [2.24, 2.45) is 28.6 Å². The molecule has 0 bridgehead atoms. The van der Waals surface area contributed by atoms with Gasteiger partial charge in [-0.15, -0.1) is 0 Å². The van der Waals surface area contributed by atoms with Gasteiger partial charge in [-0.25, -0.2) is 0 Å². The smallest absolute Gasteiger partial charge is 0.159 e. The number of ketones is 1. The van der Waals surface area contributed by atoms with Crippen LogP contribution >= 0.6 is 0 Å². The first kappa shape index (κ1) is 27.2. The Morgan fingerprint density at radius 2 is 1.80 bits per heavy atom. The minimum absolute atomic E-state index is 0.00852. The van der Waals surface area contributed by atoms with Crippen LogP contribution in [0.4, 0.5) is 0 Å². The van der Waals surface area contributed by atoms with Gasteiger partial charge in [0.25, 0.3) is 0 Å². The van der Waals surface area contributed by atoms with Crippen LogP contribution in [-0.2, 0) is 9.53 Å². The quantitative estimate of drug-likeness (QED) is 0.384. The van der Waals surface area contributed by atoms with Gasteiger partial charge in [0.1, 0.15) is 0 Å². The summed E-state index contributed by atoms with van der Waals surface area (Å²) in [6.07, 6.45) is 3.51. The largest absolute Gasteiger partial charge is 0.390 e. The second kappa shape index (κ2) is 8.60. The van der Waals surface area contributed by atoms with Crippen molar-refractivity contribution in [3.63, 3.8) is 0 Å². The number of fused-ring (bicyclic) bond motifs is 5. The molecule has 0 heterocycles. The van der Waals surface area contributed by atoms with Crippen molar-refractivity contribution >= 4 is 5.78 Å². The summed E-state index contributed by atoms with van der Waals surface area (Å²) in [5.74, 6) is -0.652. The van der Waals surface area contributed by atoms with Crippen molar-refractivity contribution in [2.75, 3.05) is 7.11 Å². The molecule has 3 fully saturated rings. The van der Waals surface area contributed by atoms with Gasteiger partial charge in [-0.1, -0.05) is 13.8 Å². The maximum atomic E-state index is 13.4. The van der Waals surface area contributed by atoms with Gasteiger partial charge in [-0.3, -0.25) is 4.79 Å². The fraction of sp³-hybridized carbons (Fsp3) is 0.893. The van der Waals surface area contributed by atoms with E-state index < -0.39 is 39.8 Å². The lowest BCUT2D eigenvalue weighted by molar-refractivity contribution is -0.178. The van der Waals surface area contributed by atoms with Gasteiger partial charge in [0.15, 0.2) is 5.78 Å². The molecule has 2 unspecified atom stereocenters. The molecule has 0 spiro atoms. The van der Waals surface area contributed by atoms with E-state index in [1.165, 1.54) is 0 Å². The predicted molar refractivity (Wildman–Crippen MR) is 131 cm³/mol. The summed E-state index contributed by atoms with van der Waals surface area (Å²) in [5, 5.41) is 55.7. The number of methoxy groups -OCH3 is 1. The third kappa shape index (κ3) is 4.05. The van der Waals surface area contributed by atoms with E-state index in [0.29, 0.717) is 38.5 Å². The number of carbonyl (C=O) groups is 1. The highest BCUT2D eigenvalue weighted by atomic mass is 16.5. The molecule has 35 heavy (non-hydrogen) atoms. The third-order valence-corrected chi connectivity index (χ3v) is 10.8. The fourth-order valence-corrected chi connectivity index (χ4v) is 8.56. The molecule has 0 aliphatic heterocycles. The van der Waals surface area contributed by atoms with E-state index in [-0.39, 0.29) is 36.1 Å². The molecule has 0 aromatic rings. The lowest BCUT2D eigenvalue weighted by atomic mass is 9.45. The monoisotopic (exact) mass is 494 g/mol. The molecular formula is C28H46O7. The molecule has 0 amide bonds. The number of ether oxygens (including phenoxy) is 1. The van der Waals surface area contributed by atoms with E-state index in [2.05, 4.69) is 6.92 Å². The maximum absolute atomic E-state index is 13.4. The first-order valence-corrected chi connectivity index (χ1v) is 13.3. The van der Waals surface area contributed by atoms with Crippen LogP contribution in [0.25, 0.3) is 0 Å². The summed E-state index contributed by atoms with van der Waals surface area (Å²) in [6.45, 7) is 9.09. The zero-order chi connectivity index (χ0) is 26.2. The van der Waals surface area contributed by atoms with Crippen molar-refractivity contribution in [2.45, 2.75) is 121 Å². The summed E-state index contributed by atoms with van der Waals surface area (Å²) >= 11 is 0. The number of aliphatic hydroxyl groups is 5. The molecule has 0 aromatic carbocycles. The Morgan fingerprint density at radius 1 is 1.14 bits per heavy atom. The molecule has 0 saturated heterocycles. The van der Waals surface area contributed by atoms with E-state index in [9.17, 15) is 30.3 Å². The molecule has 10 atom stereocenters. The highest BCUT2D eigenvalue weighted by molar-refractivity contribution is 5.95. The minimum Gasteiger partial charge on any atom is -0.390 e. The van der Waals surface area contributed by atoms with Gasteiger partial charge in [-0.2, -0.15) is 0 Å². The Hall–Kier alpha value is -0.830.